The van der Waals surface area contributed by atoms with E-state index < -0.39 is 0 Å². The minimum absolute atomic E-state index is 0.146. The van der Waals surface area contributed by atoms with Crippen molar-refractivity contribution in [1.82, 2.24) is 0 Å². The molecule has 0 amide bonds. The Labute approximate surface area is 136 Å². The standard InChI is InChI=1S/C17H19Cl2NO/c1-3-17(15-8-7-13(18)10-16(15)19)20-14-6-4-5-12(9-14)11-21-2/h4-10,17,20H,3,11H2,1-2H3. The minimum atomic E-state index is 0.146. The van der Waals surface area contributed by atoms with Gasteiger partial charge >= 0.3 is 0 Å². The summed E-state index contributed by atoms with van der Waals surface area (Å²) in [4.78, 5) is 0. The summed E-state index contributed by atoms with van der Waals surface area (Å²) < 4.78 is 5.17. The topological polar surface area (TPSA) is 21.3 Å². The van der Waals surface area contributed by atoms with Crippen LogP contribution >= 0.6 is 23.2 Å². The predicted molar refractivity (Wildman–Crippen MR) is 90.3 cm³/mol. The smallest absolute Gasteiger partial charge is 0.0713 e. The minimum Gasteiger partial charge on any atom is -0.380 e. The highest BCUT2D eigenvalue weighted by atomic mass is 35.5. The fourth-order valence-electron chi connectivity index (χ4n) is 2.30. The van der Waals surface area contributed by atoms with Gasteiger partial charge in [0.1, 0.15) is 0 Å². The molecule has 0 spiro atoms. The first-order chi connectivity index (χ1) is 10.1. The van der Waals surface area contributed by atoms with Gasteiger partial charge in [-0.15, -0.1) is 0 Å². The van der Waals surface area contributed by atoms with E-state index in [1.54, 1.807) is 13.2 Å². The molecule has 2 rings (SSSR count). The molecular formula is C17H19Cl2NO. The predicted octanol–water partition coefficient (Wildman–Crippen LogP) is 5.70. The van der Waals surface area contributed by atoms with Crippen LogP contribution in [0.25, 0.3) is 0 Å². The van der Waals surface area contributed by atoms with Crippen molar-refractivity contribution in [2.75, 3.05) is 12.4 Å². The van der Waals surface area contributed by atoms with Crippen molar-refractivity contribution in [3.8, 4) is 0 Å². The van der Waals surface area contributed by atoms with Crippen molar-refractivity contribution in [3.63, 3.8) is 0 Å². The highest BCUT2D eigenvalue weighted by Gasteiger charge is 2.13. The van der Waals surface area contributed by atoms with Gasteiger partial charge in [-0.05, 0) is 41.8 Å². The van der Waals surface area contributed by atoms with Crippen molar-refractivity contribution in [1.29, 1.82) is 0 Å². The van der Waals surface area contributed by atoms with Crippen molar-refractivity contribution in [2.24, 2.45) is 0 Å². The maximum absolute atomic E-state index is 6.31. The number of rotatable bonds is 6. The third kappa shape index (κ3) is 4.37. The van der Waals surface area contributed by atoms with Gasteiger partial charge in [0.2, 0.25) is 0 Å². The fourth-order valence-corrected chi connectivity index (χ4v) is 2.84. The molecule has 0 aliphatic carbocycles. The fraction of sp³-hybridized carbons (Fsp3) is 0.294. The second kappa shape index (κ2) is 7.69. The van der Waals surface area contributed by atoms with Gasteiger partial charge in [-0.1, -0.05) is 48.3 Å². The Kier molecular flexibility index (Phi) is 5.92. The number of hydrogen-bond acceptors (Lipinski definition) is 2. The summed E-state index contributed by atoms with van der Waals surface area (Å²) in [5.74, 6) is 0. The molecule has 2 aromatic carbocycles. The first-order valence-electron chi connectivity index (χ1n) is 6.93. The van der Waals surface area contributed by atoms with Crippen LogP contribution in [0.3, 0.4) is 0 Å². The van der Waals surface area contributed by atoms with E-state index in [0.717, 1.165) is 23.2 Å². The number of halogens is 2. The summed E-state index contributed by atoms with van der Waals surface area (Å²) in [5.41, 5.74) is 3.25. The third-order valence-corrected chi connectivity index (χ3v) is 3.89. The molecular weight excluding hydrogens is 305 g/mol. The van der Waals surface area contributed by atoms with Crippen molar-refractivity contribution in [2.45, 2.75) is 26.0 Å². The van der Waals surface area contributed by atoms with Crippen molar-refractivity contribution < 1.29 is 4.74 Å². The molecule has 2 aromatic rings. The van der Waals surface area contributed by atoms with Gasteiger partial charge in [0.05, 0.1) is 12.6 Å². The van der Waals surface area contributed by atoms with E-state index >= 15 is 0 Å². The number of ether oxygens (including phenoxy) is 1. The number of methoxy groups -OCH3 is 1. The van der Waals surface area contributed by atoms with Gasteiger partial charge in [0.15, 0.2) is 0 Å². The van der Waals surface area contributed by atoms with Gasteiger partial charge in [0, 0.05) is 22.8 Å². The monoisotopic (exact) mass is 323 g/mol. The van der Waals surface area contributed by atoms with E-state index in [9.17, 15) is 0 Å². The molecule has 0 aromatic heterocycles. The Morgan fingerprint density at radius 3 is 2.62 bits per heavy atom. The Hall–Kier alpha value is -1.22. The van der Waals surface area contributed by atoms with E-state index in [1.807, 2.05) is 30.3 Å². The molecule has 0 radical (unpaired) electrons. The van der Waals surface area contributed by atoms with E-state index in [1.165, 1.54) is 0 Å². The highest BCUT2D eigenvalue weighted by Crippen LogP contribution is 2.30. The van der Waals surface area contributed by atoms with Crippen LogP contribution < -0.4 is 5.32 Å². The van der Waals surface area contributed by atoms with Crippen LogP contribution in [0.2, 0.25) is 10.0 Å². The average molecular weight is 324 g/mol. The first-order valence-corrected chi connectivity index (χ1v) is 7.69. The van der Waals surface area contributed by atoms with Crippen LogP contribution in [0.5, 0.6) is 0 Å². The van der Waals surface area contributed by atoms with E-state index in [4.69, 9.17) is 27.9 Å². The largest absolute Gasteiger partial charge is 0.380 e. The molecule has 0 aliphatic heterocycles. The van der Waals surface area contributed by atoms with Gasteiger partial charge in [-0.25, -0.2) is 0 Å². The zero-order chi connectivity index (χ0) is 15.2. The second-order valence-electron chi connectivity index (χ2n) is 4.90. The van der Waals surface area contributed by atoms with Gasteiger partial charge in [-0.3, -0.25) is 0 Å². The van der Waals surface area contributed by atoms with Crippen LogP contribution in [0, 0.1) is 0 Å². The summed E-state index contributed by atoms with van der Waals surface area (Å²) in [6.07, 6.45) is 0.926. The Balaban J connectivity index is 2.20. The lowest BCUT2D eigenvalue weighted by Crippen LogP contribution is -2.10. The molecule has 0 aliphatic rings. The van der Waals surface area contributed by atoms with Crippen LogP contribution in [0.15, 0.2) is 42.5 Å². The van der Waals surface area contributed by atoms with Crippen molar-refractivity contribution >= 4 is 28.9 Å². The summed E-state index contributed by atoms with van der Waals surface area (Å²) >= 11 is 12.3. The van der Waals surface area contributed by atoms with E-state index in [-0.39, 0.29) is 6.04 Å². The molecule has 0 saturated carbocycles. The van der Waals surface area contributed by atoms with Crippen molar-refractivity contribution in [3.05, 3.63) is 63.6 Å². The number of nitrogens with one attached hydrogen (secondary N) is 1. The van der Waals surface area contributed by atoms with Crippen LogP contribution in [0.1, 0.15) is 30.5 Å². The molecule has 0 bridgehead atoms. The molecule has 1 N–H and O–H groups in total. The number of hydrogen-bond donors (Lipinski definition) is 1. The van der Waals surface area contributed by atoms with Crippen LogP contribution in [-0.2, 0) is 11.3 Å². The van der Waals surface area contributed by atoms with Crippen LogP contribution in [-0.4, -0.2) is 7.11 Å². The molecule has 0 fully saturated rings. The maximum atomic E-state index is 6.31. The average Bonchev–Trinajstić information content (AvgIpc) is 2.46. The highest BCUT2D eigenvalue weighted by molar-refractivity contribution is 6.35. The summed E-state index contributed by atoms with van der Waals surface area (Å²) in [5, 5.41) is 4.86. The maximum Gasteiger partial charge on any atom is 0.0713 e. The number of benzene rings is 2. The van der Waals surface area contributed by atoms with E-state index in [2.05, 4.69) is 18.3 Å². The lowest BCUT2D eigenvalue weighted by Gasteiger charge is -2.20. The first kappa shape index (κ1) is 16.2. The summed E-state index contributed by atoms with van der Waals surface area (Å²) in [6.45, 7) is 2.73. The Bertz CT molecular complexity index is 601. The zero-order valence-electron chi connectivity index (χ0n) is 12.2. The molecule has 1 atom stereocenters. The SMILES string of the molecule is CCC(Nc1cccc(COC)c1)c1ccc(Cl)cc1Cl. The van der Waals surface area contributed by atoms with E-state index in [0.29, 0.717) is 16.7 Å². The summed E-state index contributed by atoms with van der Waals surface area (Å²) in [7, 11) is 1.70. The summed E-state index contributed by atoms with van der Waals surface area (Å²) in [6, 6.07) is 14.0. The van der Waals surface area contributed by atoms with Crippen LogP contribution in [0.4, 0.5) is 5.69 Å². The van der Waals surface area contributed by atoms with Gasteiger partial charge in [-0.2, -0.15) is 0 Å². The quantitative estimate of drug-likeness (QED) is 0.735. The molecule has 112 valence electrons. The number of anilines is 1. The molecule has 0 heterocycles. The lowest BCUT2D eigenvalue weighted by atomic mass is 10.0. The van der Waals surface area contributed by atoms with Gasteiger partial charge in [0.25, 0.3) is 0 Å². The molecule has 4 heteroatoms. The molecule has 21 heavy (non-hydrogen) atoms. The molecule has 0 saturated heterocycles. The normalized spacial score (nSPS) is 12.2. The molecule has 2 nitrogen and oxygen atoms in total. The molecule has 1 unspecified atom stereocenters. The zero-order valence-corrected chi connectivity index (χ0v) is 13.7. The third-order valence-electron chi connectivity index (χ3n) is 3.33. The Morgan fingerprint density at radius 2 is 1.95 bits per heavy atom. The van der Waals surface area contributed by atoms with Gasteiger partial charge < -0.3 is 10.1 Å². The lowest BCUT2D eigenvalue weighted by molar-refractivity contribution is 0.185. The second-order valence-corrected chi connectivity index (χ2v) is 5.75. The Morgan fingerprint density at radius 1 is 1.14 bits per heavy atom.